The molecule has 13 heavy (non-hydrogen) atoms. The maximum atomic E-state index is 5.41. The predicted molar refractivity (Wildman–Crippen MR) is 50.7 cm³/mol. The number of hydrogen-bond donors (Lipinski definition) is 1. The third kappa shape index (κ3) is 1.30. The van der Waals surface area contributed by atoms with E-state index in [1.165, 1.54) is 39.0 Å². The fourth-order valence-corrected chi connectivity index (χ4v) is 2.73. The lowest BCUT2D eigenvalue weighted by atomic mass is 9.72. The second kappa shape index (κ2) is 2.94. The lowest BCUT2D eigenvalue weighted by molar-refractivity contribution is -0.104. The van der Waals surface area contributed by atoms with Gasteiger partial charge < -0.3 is 10.1 Å². The topological polar surface area (TPSA) is 24.5 Å². The van der Waals surface area contributed by atoms with E-state index >= 15 is 0 Å². The second-order valence-electron chi connectivity index (χ2n) is 4.83. The van der Waals surface area contributed by atoms with Gasteiger partial charge in [0, 0.05) is 50.8 Å². The third-order valence-electron chi connectivity index (χ3n) is 3.91. The molecule has 3 aliphatic rings. The molecule has 74 valence electrons. The van der Waals surface area contributed by atoms with Gasteiger partial charge in [0.15, 0.2) is 0 Å². The molecule has 0 aromatic heterocycles. The first-order valence-electron chi connectivity index (χ1n) is 5.41. The summed E-state index contributed by atoms with van der Waals surface area (Å²) in [6.07, 6.45) is 2.59. The minimum atomic E-state index is 0.661. The summed E-state index contributed by atoms with van der Waals surface area (Å²) < 4.78 is 5.41. The molecule has 0 atom stereocenters. The van der Waals surface area contributed by atoms with Crippen molar-refractivity contribution in [2.75, 3.05) is 39.4 Å². The van der Waals surface area contributed by atoms with Crippen molar-refractivity contribution >= 4 is 0 Å². The Balaban J connectivity index is 1.54. The van der Waals surface area contributed by atoms with Crippen LogP contribution in [0.25, 0.3) is 0 Å². The summed E-state index contributed by atoms with van der Waals surface area (Å²) in [4.78, 5) is 2.64. The van der Waals surface area contributed by atoms with Crippen molar-refractivity contribution in [3.05, 3.63) is 0 Å². The molecule has 3 aliphatic heterocycles. The largest absolute Gasteiger partial charge is 0.381 e. The van der Waals surface area contributed by atoms with Crippen LogP contribution in [0.3, 0.4) is 0 Å². The van der Waals surface area contributed by atoms with Crippen molar-refractivity contribution in [2.45, 2.75) is 18.9 Å². The van der Waals surface area contributed by atoms with Crippen molar-refractivity contribution in [3.63, 3.8) is 0 Å². The fraction of sp³-hybridized carbons (Fsp3) is 1.00. The lowest BCUT2D eigenvalue weighted by Crippen LogP contribution is -2.68. The molecule has 0 aromatic rings. The van der Waals surface area contributed by atoms with Crippen molar-refractivity contribution in [2.24, 2.45) is 5.41 Å². The number of nitrogens with zero attached hydrogens (tertiary/aromatic N) is 1. The summed E-state index contributed by atoms with van der Waals surface area (Å²) in [6, 6.07) is 0.855. The number of nitrogens with one attached hydrogen (secondary N) is 1. The smallest absolute Gasteiger partial charge is 0.0472 e. The van der Waals surface area contributed by atoms with Crippen LogP contribution in [0.4, 0.5) is 0 Å². The van der Waals surface area contributed by atoms with Gasteiger partial charge >= 0.3 is 0 Å². The molecule has 0 bridgehead atoms. The van der Waals surface area contributed by atoms with E-state index in [1.54, 1.807) is 0 Å². The Morgan fingerprint density at radius 3 is 2.38 bits per heavy atom. The van der Waals surface area contributed by atoms with E-state index in [-0.39, 0.29) is 0 Å². The van der Waals surface area contributed by atoms with Gasteiger partial charge in [0.1, 0.15) is 0 Å². The highest BCUT2D eigenvalue weighted by atomic mass is 16.5. The summed E-state index contributed by atoms with van der Waals surface area (Å²) in [5, 5.41) is 3.34. The monoisotopic (exact) mass is 182 g/mol. The van der Waals surface area contributed by atoms with E-state index in [2.05, 4.69) is 10.2 Å². The Morgan fingerprint density at radius 2 is 1.85 bits per heavy atom. The Labute approximate surface area is 79.4 Å². The third-order valence-corrected chi connectivity index (χ3v) is 3.91. The van der Waals surface area contributed by atoms with E-state index in [1.807, 2.05) is 0 Å². The highest BCUT2D eigenvalue weighted by Gasteiger charge is 2.46. The zero-order valence-corrected chi connectivity index (χ0v) is 8.09. The Hall–Kier alpha value is -0.120. The van der Waals surface area contributed by atoms with E-state index in [9.17, 15) is 0 Å². The van der Waals surface area contributed by atoms with Gasteiger partial charge in [-0.05, 0) is 12.8 Å². The number of hydrogen-bond acceptors (Lipinski definition) is 3. The minimum Gasteiger partial charge on any atom is -0.381 e. The molecule has 0 aliphatic carbocycles. The molecule has 0 aromatic carbocycles. The van der Waals surface area contributed by atoms with Crippen LogP contribution in [0.2, 0.25) is 0 Å². The van der Waals surface area contributed by atoms with Gasteiger partial charge in [-0.3, -0.25) is 4.90 Å². The molecular formula is C10H18N2O. The van der Waals surface area contributed by atoms with Crippen LogP contribution in [0.5, 0.6) is 0 Å². The van der Waals surface area contributed by atoms with Gasteiger partial charge in [0.05, 0.1) is 0 Å². The molecule has 3 nitrogen and oxygen atoms in total. The molecule has 3 heterocycles. The predicted octanol–water partition coefficient (Wildman–Crippen LogP) is 0.0706. The standard InChI is InChI=1S/C10H18N2O/c1-3-13-4-2-10(1)7-12(8-10)9-5-11-6-9/h9,11H,1-8H2. The van der Waals surface area contributed by atoms with Gasteiger partial charge in [-0.25, -0.2) is 0 Å². The van der Waals surface area contributed by atoms with Crippen LogP contribution in [-0.4, -0.2) is 50.3 Å². The lowest BCUT2D eigenvalue weighted by Gasteiger charge is -2.57. The maximum absolute atomic E-state index is 5.41. The quantitative estimate of drug-likeness (QED) is 0.621. The molecule has 0 unspecified atom stereocenters. The second-order valence-corrected chi connectivity index (χ2v) is 4.83. The number of likely N-dealkylation sites (tertiary alicyclic amines) is 1. The molecule has 3 fully saturated rings. The van der Waals surface area contributed by atoms with Crippen LogP contribution >= 0.6 is 0 Å². The molecule has 0 radical (unpaired) electrons. The normalized spacial score (nSPS) is 34.2. The molecule has 3 saturated heterocycles. The van der Waals surface area contributed by atoms with Crippen molar-refractivity contribution in [1.82, 2.24) is 10.2 Å². The Bertz CT molecular complexity index is 189. The number of rotatable bonds is 1. The summed E-state index contributed by atoms with van der Waals surface area (Å²) in [6.45, 7) is 7.10. The van der Waals surface area contributed by atoms with Crippen LogP contribution in [0.1, 0.15) is 12.8 Å². The first-order valence-corrected chi connectivity index (χ1v) is 5.41. The summed E-state index contributed by atoms with van der Waals surface area (Å²) in [5.41, 5.74) is 0.661. The maximum Gasteiger partial charge on any atom is 0.0472 e. The van der Waals surface area contributed by atoms with Crippen LogP contribution in [0.15, 0.2) is 0 Å². The zero-order valence-electron chi connectivity index (χ0n) is 8.09. The summed E-state index contributed by atoms with van der Waals surface area (Å²) in [5.74, 6) is 0. The van der Waals surface area contributed by atoms with Gasteiger partial charge in [-0.2, -0.15) is 0 Å². The van der Waals surface area contributed by atoms with E-state index in [0.29, 0.717) is 5.41 Å². The Kier molecular flexibility index (Phi) is 1.86. The van der Waals surface area contributed by atoms with Crippen LogP contribution in [0, 0.1) is 5.41 Å². The van der Waals surface area contributed by atoms with E-state index in [0.717, 1.165) is 19.3 Å². The molecular weight excluding hydrogens is 164 g/mol. The van der Waals surface area contributed by atoms with E-state index in [4.69, 9.17) is 4.74 Å². The van der Waals surface area contributed by atoms with Gasteiger partial charge in [-0.1, -0.05) is 0 Å². The van der Waals surface area contributed by atoms with Crippen molar-refractivity contribution < 1.29 is 4.74 Å². The molecule has 0 amide bonds. The van der Waals surface area contributed by atoms with Crippen molar-refractivity contribution in [3.8, 4) is 0 Å². The fourth-order valence-electron chi connectivity index (χ4n) is 2.73. The molecule has 0 saturated carbocycles. The summed E-state index contributed by atoms with van der Waals surface area (Å²) in [7, 11) is 0. The van der Waals surface area contributed by atoms with Gasteiger partial charge in [0.25, 0.3) is 0 Å². The minimum absolute atomic E-state index is 0.661. The zero-order chi connectivity index (χ0) is 8.73. The average molecular weight is 182 g/mol. The van der Waals surface area contributed by atoms with Crippen LogP contribution < -0.4 is 5.32 Å². The van der Waals surface area contributed by atoms with Crippen LogP contribution in [-0.2, 0) is 4.74 Å². The first-order chi connectivity index (χ1) is 6.38. The van der Waals surface area contributed by atoms with Crippen molar-refractivity contribution in [1.29, 1.82) is 0 Å². The molecule has 1 spiro atoms. The van der Waals surface area contributed by atoms with Gasteiger partial charge in [-0.15, -0.1) is 0 Å². The number of ether oxygens (including phenoxy) is 1. The SMILES string of the molecule is C1CC2(CCO1)CN(C1CNC1)C2. The first kappa shape index (κ1) is 8.21. The molecule has 3 heteroatoms. The highest BCUT2D eigenvalue weighted by molar-refractivity contribution is 5.01. The van der Waals surface area contributed by atoms with E-state index < -0.39 is 0 Å². The van der Waals surface area contributed by atoms with Gasteiger partial charge in [0.2, 0.25) is 0 Å². The molecule has 3 rings (SSSR count). The highest BCUT2D eigenvalue weighted by Crippen LogP contribution is 2.40. The summed E-state index contributed by atoms with van der Waals surface area (Å²) >= 11 is 0. The average Bonchev–Trinajstić information content (AvgIpc) is 2.00. The molecule has 1 N–H and O–H groups in total. The Morgan fingerprint density at radius 1 is 1.15 bits per heavy atom.